The highest BCUT2D eigenvalue weighted by Crippen LogP contribution is 2.16. The third-order valence-corrected chi connectivity index (χ3v) is 4.32. The minimum absolute atomic E-state index is 0.715. The van der Waals surface area contributed by atoms with Gasteiger partial charge in [-0.25, -0.2) is 4.99 Å². The number of hydrogen-bond donors (Lipinski definition) is 2. The van der Waals surface area contributed by atoms with Crippen LogP contribution in [0.3, 0.4) is 0 Å². The normalized spacial score (nSPS) is 32.8. The zero-order valence-corrected chi connectivity index (χ0v) is 11.8. The van der Waals surface area contributed by atoms with Gasteiger partial charge in [0, 0.05) is 23.8 Å². The van der Waals surface area contributed by atoms with Crippen molar-refractivity contribution >= 4 is 6.21 Å². The average molecular weight is 246 g/mol. The van der Waals surface area contributed by atoms with Crippen LogP contribution in [0.4, 0.5) is 0 Å². The van der Waals surface area contributed by atoms with Crippen molar-refractivity contribution in [3.05, 3.63) is 35.9 Å². The Morgan fingerprint density at radius 3 is 2.72 bits per heavy atom. The summed E-state index contributed by atoms with van der Waals surface area (Å²) in [6, 6.07) is 11.4. The molecule has 0 aromatic heterocycles. The number of benzene rings is 1. The van der Waals surface area contributed by atoms with Gasteiger partial charge in [0.05, 0.1) is 19.6 Å². The standard InChI is InChI=1S/C16H24N2/c1-13-12-18(3)14(2)9-16(13)11-17-10-15-7-5-4-6-8-15/h4-8,11,13-14,16H,9-10,12H2,1-3H3/p+2/t13-,14-,16-/m1/s1. The third kappa shape index (κ3) is 3.42. The largest absolute Gasteiger partial charge is 0.335 e. The zero-order chi connectivity index (χ0) is 13.0. The van der Waals surface area contributed by atoms with Crippen molar-refractivity contribution in [2.75, 3.05) is 13.6 Å². The second-order valence-corrected chi connectivity index (χ2v) is 5.86. The average Bonchev–Trinajstić information content (AvgIpc) is 2.37. The van der Waals surface area contributed by atoms with Crippen LogP contribution in [-0.4, -0.2) is 25.8 Å². The van der Waals surface area contributed by atoms with Crippen LogP contribution >= 0.6 is 0 Å². The van der Waals surface area contributed by atoms with Gasteiger partial charge in [-0.05, 0) is 6.92 Å². The lowest BCUT2D eigenvalue weighted by Crippen LogP contribution is -3.14. The van der Waals surface area contributed by atoms with Crippen molar-refractivity contribution in [3.63, 3.8) is 0 Å². The first kappa shape index (κ1) is 13.3. The fraction of sp³-hybridized carbons (Fsp3) is 0.562. The summed E-state index contributed by atoms with van der Waals surface area (Å²) in [6.45, 7) is 6.97. The highest BCUT2D eigenvalue weighted by Gasteiger charge is 2.32. The van der Waals surface area contributed by atoms with Crippen molar-refractivity contribution in [1.82, 2.24) is 0 Å². The van der Waals surface area contributed by atoms with Crippen LogP contribution < -0.4 is 9.89 Å². The van der Waals surface area contributed by atoms with Crippen LogP contribution in [-0.2, 0) is 6.54 Å². The van der Waals surface area contributed by atoms with Gasteiger partial charge in [0.1, 0.15) is 6.21 Å². The summed E-state index contributed by atoms with van der Waals surface area (Å²) >= 11 is 0. The van der Waals surface area contributed by atoms with Gasteiger partial charge in [0.15, 0.2) is 6.54 Å². The zero-order valence-electron chi connectivity index (χ0n) is 11.8. The Balaban J connectivity index is 1.89. The molecule has 1 saturated heterocycles. The van der Waals surface area contributed by atoms with Crippen LogP contribution in [0, 0.1) is 11.8 Å². The lowest BCUT2D eigenvalue weighted by molar-refractivity contribution is -0.913. The van der Waals surface area contributed by atoms with E-state index < -0.39 is 0 Å². The number of quaternary nitrogens is 1. The van der Waals surface area contributed by atoms with Crippen LogP contribution in [0.2, 0.25) is 0 Å². The maximum absolute atomic E-state index is 3.50. The maximum Gasteiger partial charge on any atom is 0.165 e. The molecule has 2 nitrogen and oxygen atoms in total. The molecule has 4 atom stereocenters. The SMILES string of the molecule is C[C@@H]1C[NH+](C)[C@H](C)C[C@@H]1C=[NH+]Cc1ccccc1. The summed E-state index contributed by atoms with van der Waals surface area (Å²) in [6.07, 6.45) is 3.63. The van der Waals surface area contributed by atoms with E-state index in [9.17, 15) is 0 Å². The smallest absolute Gasteiger partial charge is 0.165 e. The molecule has 0 aliphatic carbocycles. The van der Waals surface area contributed by atoms with Crippen molar-refractivity contribution < 1.29 is 9.89 Å². The molecule has 0 bridgehead atoms. The van der Waals surface area contributed by atoms with Crippen molar-refractivity contribution in [1.29, 1.82) is 0 Å². The van der Waals surface area contributed by atoms with Crippen LogP contribution in [0.5, 0.6) is 0 Å². The Bertz CT molecular complexity index is 385. The molecule has 2 rings (SSSR count). The Hall–Kier alpha value is -1.15. The van der Waals surface area contributed by atoms with Gasteiger partial charge in [0.2, 0.25) is 0 Å². The second kappa shape index (κ2) is 6.14. The Kier molecular flexibility index (Phi) is 4.54. The maximum atomic E-state index is 3.50. The monoisotopic (exact) mass is 246 g/mol. The fourth-order valence-electron chi connectivity index (χ4n) is 2.86. The molecule has 0 saturated carbocycles. The minimum Gasteiger partial charge on any atom is -0.335 e. The summed E-state index contributed by atoms with van der Waals surface area (Å²) in [4.78, 5) is 5.18. The highest BCUT2D eigenvalue weighted by atomic mass is 15.1. The van der Waals surface area contributed by atoms with Crippen molar-refractivity contribution in [2.45, 2.75) is 32.9 Å². The number of nitrogens with one attached hydrogen (secondary N) is 2. The predicted molar refractivity (Wildman–Crippen MR) is 75.7 cm³/mol. The van der Waals surface area contributed by atoms with Gasteiger partial charge in [-0.15, -0.1) is 0 Å². The topological polar surface area (TPSA) is 18.4 Å². The molecule has 1 aromatic carbocycles. The van der Waals surface area contributed by atoms with Gasteiger partial charge in [-0.3, -0.25) is 0 Å². The quantitative estimate of drug-likeness (QED) is 0.694. The minimum atomic E-state index is 0.715. The highest BCUT2D eigenvalue weighted by molar-refractivity contribution is 5.54. The summed E-state index contributed by atoms with van der Waals surface area (Å²) < 4.78 is 0. The molecule has 1 unspecified atom stereocenters. The van der Waals surface area contributed by atoms with E-state index in [1.807, 2.05) is 0 Å². The molecule has 0 spiro atoms. The molecule has 18 heavy (non-hydrogen) atoms. The van der Waals surface area contributed by atoms with Gasteiger partial charge >= 0.3 is 0 Å². The van der Waals surface area contributed by atoms with Gasteiger partial charge < -0.3 is 4.90 Å². The fourth-order valence-corrected chi connectivity index (χ4v) is 2.86. The summed E-state index contributed by atoms with van der Waals surface area (Å²) in [7, 11) is 2.31. The van der Waals surface area contributed by atoms with E-state index in [4.69, 9.17) is 0 Å². The Labute approximate surface area is 111 Å². The van der Waals surface area contributed by atoms with E-state index in [-0.39, 0.29) is 0 Å². The van der Waals surface area contributed by atoms with Crippen molar-refractivity contribution in [3.8, 4) is 0 Å². The molecular weight excluding hydrogens is 220 g/mol. The molecule has 98 valence electrons. The van der Waals surface area contributed by atoms with Crippen molar-refractivity contribution in [2.24, 2.45) is 11.8 Å². The molecule has 2 heteroatoms. The molecule has 0 radical (unpaired) electrons. The van der Waals surface area contributed by atoms with Gasteiger partial charge in [0.25, 0.3) is 0 Å². The molecule has 1 fully saturated rings. The molecule has 0 amide bonds. The number of likely N-dealkylation sites (tertiary alicyclic amines) is 1. The molecule has 1 aliphatic heterocycles. The van der Waals surface area contributed by atoms with Crippen LogP contribution in [0.15, 0.2) is 30.3 Å². The summed E-state index contributed by atoms with van der Waals surface area (Å²) in [5, 5.41) is 0. The number of piperidine rings is 1. The first-order chi connectivity index (χ1) is 8.66. The van der Waals surface area contributed by atoms with E-state index in [0.29, 0.717) is 5.92 Å². The van der Waals surface area contributed by atoms with Gasteiger partial charge in [-0.1, -0.05) is 37.3 Å². The van der Waals surface area contributed by atoms with E-state index in [0.717, 1.165) is 18.5 Å². The summed E-state index contributed by atoms with van der Waals surface area (Å²) in [5.74, 6) is 1.50. The van der Waals surface area contributed by atoms with E-state index in [1.165, 1.54) is 18.5 Å². The van der Waals surface area contributed by atoms with E-state index >= 15 is 0 Å². The first-order valence-corrected chi connectivity index (χ1v) is 7.09. The second-order valence-electron chi connectivity index (χ2n) is 5.86. The number of rotatable bonds is 3. The Morgan fingerprint density at radius 1 is 1.28 bits per heavy atom. The lowest BCUT2D eigenvalue weighted by atomic mass is 9.84. The molecular formula is C16H26N2+2. The van der Waals surface area contributed by atoms with E-state index in [1.54, 1.807) is 4.90 Å². The van der Waals surface area contributed by atoms with Gasteiger partial charge in [-0.2, -0.15) is 0 Å². The molecule has 2 N–H and O–H groups in total. The third-order valence-electron chi connectivity index (χ3n) is 4.32. The summed E-state index contributed by atoms with van der Waals surface area (Å²) in [5.41, 5.74) is 1.35. The number of hydrogen-bond acceptors (Lipinski definition) is 0. The molecule has 1 heterocycles. The van der Waals surface area contributed by atoms with E-state index in [2.05, 4.69) is 62.4 Å². The predicted octanol–water partition coefficient (Wildman–Crippen LogP) is -0.103. The molecule has 1 aromatic rings. The Morgan fingerprint density at radius 2 is 2.00 bits per heavy atom. The molecule has 1 aliphatic rings. The lowest BCUT2D eigenvalue weighted by Gasteiger charge is -2.34. The first-order valence-electron chi connectivity index (χ1n) is 7.09. The van der Waals surface area contributed by atoms with Crippen LogP contribution in [0.25, 0.3) is 0 Å². The van der Waals surface area contributed by atoms with Crippen LogP contribution in [0.1, 0.15) is 25.8 Å².